The largest absolute Gasteiger partial charge is 0.511 e. The topological polar surface area (TPSA) is 69.6 Å². The maximum absolute atomic E-state index is 13.3. The first-order chi connectivity index (χ1) is 15.1. The van der Waals surface area contributed by atoms with Crippen molar-refractivity contribution in [2.45, 2.75) is 51.9 Å². The number of unbranched alkanes of at least 4 members (excludes halogenated alkanes) is 1. The van der Waals surface area contributed by atoms with Crippen LogP contribution in [0.5, 0.6) is 0 Å². The van der Waals surface area contributed by atoms with Gasteiger partial charge in [0.15, 0.2) is 0 Å². The molecule has 2 aromatic rings. The van der Waals surface area contributed by atoms with E-state index in [2.05, 4.69) is 12.2 Å². The van der Waals surface area contributed by atoms with Crippen molar-refractivity contribution in [3.8, 4) is 0 Å². The van der Waals surface area contributed by atoms with Crippen LogP contribution in [0.25, 0.3) is 5.57 Å². The second-order valence-electron chi connectivity index (χ2n) is 8.57. The minimum Gasteiger partial charge on any atom is -0.511 e. The highest BCUT2D eigenvalue weighted by molar-refractivity contribution is 6.41. The van der Waals surface area contributed by atoms with E-state index in [1.54, 1.807) is 24.3 Å². The Morgan fingerprint density at radius 1 is 1.03 bits per heavy atom. The third-order valence-electron chi connectivity index (χ3n) is 6.51. The minimum absolute atomic E-state index is 0.0259. The highest BCUT2D eigenvalue weighted by atomic mass is 16.3. The zero-order valence-electron chi connectivity index (χ0n) is 18.0. The second kappa shape index (κ2) is 9.38. The number of nitrogens with one attached hydrogen (secondary N) is 1. The second-order valence-corrected chi connectivity index (χ2v) is 8.57. The molecule has 1 saturated carbocycles. The summed E-state index contributed by atoms with van der Waals surface area (Å²) in [5, 5.41) is 13.9. The van der Waals surface area contributed by atoms with Gasteiger partial charge in [-0.3, -0.25) is 4.79 Å². The van der Waals surface area contributed by atoms with Crippen LogP contribution in [0.4, 0.5) is 16.2 Å². The molecule has 1 aliphatic carbocycles. The summed E-state index contributed by atoms with van der Waals surface area (Å²) in [6.07, 6.45) is 7.63. The van der Waals surface area contributed by atoms with Crippen molar-refractivity contribution in [1.82, 2.24) is 0 Å². The Kier molecular flexibility index (Phi) is 6.40. The Bertz CT molecular complexity index is 975. The van der Waals surface area contributed by atoms with Crippen LogP contribution in [0.2, 0.25) is 0 Å². The molecular formula is C26H30N2O3. The van der Waals surface area contributed by atoms with Crippen molar-refractivity contribution in [2.75, 3.05) is 10.2 Å². The number of carbonyl (C=O) groups excluding carboxylic acids is 2. The Morgan fingerprint density at radius 2 is 1.71 bits per heavy atom. The number of carbonyl (C=O) groups is 2. The number of rotatable bonds is 5. The molecule has 0 unspecified atom stereocenters. The standard InChI is InChI=1S/C26H30N2O3/c1-2-3-9-18-14-16-19(17-15-18)24(29)23-21-12-7-8-13-22(21)28(25(23)30)26(31)27-20-10-5-4-6-11-20/h4-8,10-13,18-19,29H,2-3,9,14-17H2,1H3,(H,27,31). The van der Waals surface area contributed by atoms with E-state index >= 15 is 0 Å². The van der Waals surface area contributed by atoms with Gasteiger partial charge in [-0.2, -0.15) is 0 Å². The molecule has 0 bridgehead atoms. The van der Waals surface area contributed by atoms with Crippen molar-refractivity contribution in [3.63, 3.8) is 0 Å². The smallest absolute Gasteiger partial charge is 0.333 e. The third-order valence-corrected chi connectivity index (χ3v) is 6.51. The maximum atomic E-state index is 13.3. The summed E-state index contributed by atoms with van der Waals surface area (Å²) in [7, 11) is 0. The van der Waals surface area contributed by atoms with Crippen molar-refractivity contribution >= 4 is 28.9 Å². The number of urea groups is 1. The molecule has 0 saturated heterocycles. The van der Waals surface area contributed by atoms with Crippen LogP contribution < -0.4 is 10.2 Å². The summed E-state index contributed by atoms with van der Waals surface area (Å²) in [5.74, 6) is 0.373. The van der Waals surface area contributed by atoms with Gasteiger partial charge in [0.1, 0.15) is 5.76 Å². The van der Waals surface area contributed by atoms with E-state index in [9.17, 15) is 14.7 Å². The van der Waals surface area contributed by atoms with Crippen LogP contribution in [0, 0.1) is 11.8 Å². The molecule has 162 valence electrons. The number of fused-ring (bicyclic) bond motifs is 1. The van der Waals surface area contributed by atoms with Gasteiger partial charge in [-0.05, 0) is 49.8 Å². The fourth-order valence-electron chi connectivity index (χ4n) is 4.79. The number of amides is 3. The van der Waals surface area contributed by atoms with Crippen molar-refractivity contribution in [2.24, 2.45) is 11.8 Å². The Balaban J connectivity index is 1.58. The summed E-state index contributed by atoms with van der Waals surface area (Å²) >= 11 is 0. The molecule has 0 radical (unpaired) electrons. The molecule has 0 aromatic heterocycles. The molecule has 0 spiro atoms. The van der Waals surface area contributed by atoms with Crippen LogP contribution >= 0.6 is 0 Å². The SMILES string of the molecule is CCCCC1CCC(C(O)=C2C(=O)N(C(=O)Nc3ccccc3)c3ccccc32)CC1. The average molecular weight is 419 g/mol. The van der Waals surface area contributed by atoms with Gasteiger partial charge in [-0.15, -0.1) is 0 Å². The van der Waals surface area contributed by atoms with E-state index in [1.807, 2.05) is 30.3 Å². The summed E-state index contributed by atoms with van der Waals surface area (Å²) in [6, 6.07) is 15.7. The van der Waals surface area contributed by atoms with Crippen LogP contribution in [0.1, 0.15) is 57.4 Å². The molecule has 0 atom stereocenters. The number of hydrogen-bond donors (Lipinski definition) is 2. The quantitative estimate of drug-likeness (QED) is 0.428. The lowest BCUT2D eigenvalue weighted by Crippen LogP contribution is -2.37. The molecule has 1 aliphatic heterocycles. The summed E-state index contributed by atoms with van der Waals surface area (Å²) in [4.78, 5) is 27.4. The molecule has 5 nitrogen and oxygen atoms in total. The van der Waals surface area contributed by atoms with Gasteiger partial charge in [0, 0.05) is 17.2 Å². The lowest BCUT2D eigenvalue weighted by molar-refractivity contribution is -0.112. The lowest BCUT2D eigenvalue weighted by Gasteiger charge is -2.28. The van der Waals surface area contributed by atoms with Gasteiger partial charge in [0.2, 0.25) is 0 Å². The van der Waals surface area contributed by atoms with Crippen molar-refractivity contribution < 1.29 is 14.7 Å². The first-order valence-corrected chi connectivity index (χ1v) is 11.3. The van der Waals surface area contributed by atoms with Gasteiger partial charge in [-0.1, -0.05) is 62.6 Å². The number of para-hydroxylation sites is 2. The molecule has 2 aromatic carbocycles. The zero-order chi connectivity index (χ0) is 21.8. The highest BCUT2D eigenvalue weighted by Crippen LogP contribution is 2.43. The fourth-order valence-corrected chi connectivity index (χ4v) is 4.79. The van der Waals surface area contributed by atoms with Gasteiger partial charge < -0.3 is 10.4 Å². The fraction of sp³-hybridized carbons (Fsp3) is 0.385. The van der Waals surface area contributed by atoms with E-state index in [0.717, 1.165) is 30.6 Å². The number of aliphatic hydroxyl groups is 1. The highest BCUT2D eigenvalue weighted by Gasteiger charge is 2.40. The molecule has 1 fully saturated rings. The van der Waals surface area contributed by atoms with Crippen LogP contribution in [-0.2, 0) is 4.79 Å². The molecular weight excluding hydrogens is 388 g/mol. The summed E-state index contributed by atoms with van der Waals surface area (Å²) in [6.45, 7) is 2.21. The monoisotopic (exact) mass is 418 g/mol. The number of anilines is 2. The van der Waals surface area contributed by atoms with Gasteiger partial charge in [0.05, 0.1) is 11.3 Å². The Labute approximate surface area is 183 Å². The maximum Gasteiger partial charge on any atom is 0.333 e. The molecule has 2 aliphatic rings. The van der Waals surface area contributed by atoms with Gasteiger partial charge >= 0.3 is 6.03 Å². The van der Waals surface area contributed by atoms with E-state index in [4.69, 9.17) is 0 Å². The zero-order valence-corrected chi connectivity index (χ0v) is 18.0. The molecule has 2 N–H and O–H groups in total. The molecule has 1 heterocycles. The molecule has 31 heavy (non-hydrogen) atoms. The number of allylic oxidation sites excluding steroid dienone is 1. The Hall–Kier alpha value is -3.08. The van der Waals surface area contributed by atoms with E-state index in [-0.39, 0.29) is 17.3 Å². The number of imide groups is 1. The molecule has 4 rings (SSSR count). The predicted molar refractivity (Wildman–Crippen MR) is 124 cm³/mol. The normalized spacial score (nSPS) is 22.2. The lowest BCUT2D eigenvalue weighted by atomic mass is 9.78. The Morgan fingerprint density at radius 3 is 2.42 bits per heavy atom. The average Bonchev–Trinajstić information content (AvgIpc) is 3.10. The van der Waals surface area contributed by atoms with Crippen LogP contribution in [-0.4, -0.2) is 17.0 Å². The van der Waals surface area contributed by atoms with Gasteiger partial charge in [0.25, 0.3) is 5.91 Å². The van der Waals surface area contributed by atoms with E-state index in [1.165, 1.54) is 19.3 Å². The molecule has 5 heteroatoms. The van der Waals surface area contributed by atoms with Gasteiger partial charge in [-0.25, -0.2) is 9.69 Å². The minimum atomic E-state index is -0.519. The van der Waals surface area contributed by atoms with E-state index in [0.29, 0.717) is 22.9 Å². The number of benzene rings is 2. The summed E-state index contributed by atoms with van der Waals surface area (Å²) < 4.78 is 0. The van der Waals surface area contributed by atoms with Crippen LogP contribution in [0.15, 0.2) is 60.4 Å². The first-order valence-electron chi connectivity index (χ1n) is 11.3. The first kappa shape index (κ1) is 21.2. The van der Waals surface area contributed by atoms with Crippen molar-refractivity contribution in [1.29, 1.82) is 0 Å². The van der Waals surface area contributed by atoms with Crippen LogP contribution in [0.3, 0.4) is 0 Å². The molecule has 3 amide bonds. The summed E-state index contributed by atoms with van der Waals surface area (Å²) in [5.41, 5.74) is 2.03. The number of hydrogen-bond acceptors (Lipinski definition) is 3. The third kappa shape index (κ3) is 4.36. The van der Waals surface area contributed by atoms with E-state index < -0.39 is 11.9 Å². The predicted octanol–water partition coefficient (Wildman–Crippen LogP) is 6.53. The van der Waals surface area contributed by atoms with Crippen molar-refractivity contribution in [3.05, 3.63) is 65.9 Å². The number of nitrogens with zero attached hydrogens (tertiary/aromatic N) is 1. The number of aliphatic hydroxyl groups excluding tert-OH is 1.